The van der Waals surface area contributed by atoms with Gasteiger partial charge in [0.2, 0.25) is 0 Å². The Hall–Kier alpha value is -2.31. The lowest BCUT2D eigenvalue weighted by Gasteiger charge is -2.31. The van der Waals surface area contributed by atoms with Gasteiger partial charge in [-0.1, -0.05) is 6.07 Å². The first-order valence-corrected chi connectivity index (χ1v) is 8.45. The molecule has 1 fully saturated rings. The van der Waals surface area contributed by atoms with E-state index in [1.54, 1.807) is 17.9 Å². The van der Waals surface area contributed by atoms with Crippen molar-refractivity contribution in [2.24, 2.45) is 0 Å². The maximum Gasteiger partial charge on any atom is 0.409 e. The van der Waals surface area contributed by atoms with Gasteiger partial charge in [0.15, 0.2) is 0 Å². The summed E-state index contributed by atoms with van der Waals surface area (Å²) in [5.41, 5.74) is 0.397. The van der Waals surface area contributed by atoms with Crippen LogP contribution in [-0.2, 0) is 4.74 Å². The number of carbonyl (C=O) groups is 2. The summed E-state index contributed by atoms with van der Waals surface area (Å²) < 4.78 is 4.99. The summed E-state index contributed by atoms with van der Waals surface area (Å²) >= 11 is 0. The van der Waals surface area contributed by atoms with E-state index in [0.29, 0.717) is 44.0 Å². The molecule has 24 heavy (non-hydrogen) atoms. The first kappa shape index (κ1) is 18.0. The van der Waals surface area contributed by atoms with Crippen LogP contribution in [0.1, 0.15) is 44.1 Å². The minimum Gasteiger partial charge on any atom is -0.450 e. The van der Waals surface area contributed by atoms with Crippen molar-refractivity contribution in [3.63, 3.8) is 0 Å². The first-order valence-electron chi connectivity index (χ1n) is 8.45. The molecule has 1 aliphatic heterocycles. The second kappa shape index (κ2) is 8.52. The molecule has 0 aromatic carbocycles. The lowest BCUT2D eigenvalue weighted by molar-refractivity contribution is 0.0856. The largest absolute Gasteiger partial charge is 0.450 e. The maximum atomic E-state index is 12.4. The minimum atomic E-state index is -0.281. The number of carbonyl (C=O) groups excluding carboxylic acids is 2. The van der Waals surface area contributed by atoms with Gasteiger partial charge in [-0.05, 0) is 45.7 Å². The van der Waals surface area contributed by atoms with E-state index in [4.69, 9.17) is 4.74 Å². The molecule has 1 saturated heterocycles. The Balaban J connectivity index is 1.86. The Bertz CT molecular complexity index is 569. The fraction of sp³-hybridized carbons (Fsp3) is 0.588. The molecule has 0 spiro atoms. The van der Waals surface area contributed by atoms with E-state index in [0.717, 1.165) is 0 Å². The molecule has 0 radical (unpaired) electrons. The molecule has 0 aliphatic carbocycles. The minimum absolute atomic E-state index is 0.0479. The van der Waals surface area contributed by atoms with Gasteiger partial charge >= 0.3 is 6.09 Å². The van der Waals surface area contributed by atoms with E-state index in [-0.39, 0.29) is 24.1 Å². The molecule has 0 bridgehead atoms. The smallest absolute Gasteiger partial charge is 0.409 e. The lowest BCUT2D eigenvalue weighted by atomic mass is 10.1. The van der Waals surface area contributed by atoms with Crippen LogP contribution in [0.2, 0.25) is 0 Å². The van der Waals surface area contributed by atoms with Gasteiger partial charge in [0.05, 0.1) is 6.61 Å². The van der Waals surface area contributed by atoms with Gasteiger partial charge in [0, 0.05) is 25.2 Å². The summed E-state index contributed by atoms with van der Waals surface area (Å²) in [6, 6.07) is 5.66. The molecular formula is C17H26N4O3. The summed E-state index contributed by atoms with van der Waals surface area (Å²) in [6.07, 6.45) is 1.15. The second-order valence-corrected chi connectivity index (χ2v) is 6.14. The highest BCUT2D eigenvalue weighted by Gasteiger charge is 2.25. The van der Waals surface area contributed by atoms with Crippen LogP contribution >= 0.6 is 0 Å². The number of hydrogen-bond donors (Lipinski definition) is 2. The van der Waals surface area contributed by atoms with Crippen molar-refractivity contribution in [2.75, 3.05) is 25.0 Å². The van der Waals surface area contributed by atoms with E-state index in [2.05, 4.69) is 15.6 Å². The van der Waals surface area contributed by atoms with Crippen LogP contribution in [0.25, 0.3) is 0 Å². The van der Waals surface area contributed by atoms with E-state index in [9.17, 15) is 9.59 Å². The molecule has 2 heterocycles. The van der Waals surface area contributed by atoms with E-state index < -0.39 is 0 Å². The van der Waals surface area contributed by atoms with Crippen LogP contribution in [0.3, 0.4) is 0 Å². The maximum absolute atomic E-state index is 12.4. The summed E-state index contributed by atoms with van der Waals surface area (Å²) in [4.78, 5) is 30.1. The number of ether oxygens (including phenoxy) is 1. The molecule has 2 N–H and O–H groups in total. The SMILES string of the molecule is CCOC(=O)N1CCC(NC(=O)c2cccc(NC(C)C)n2)CC1. The average Bonchev–Trinajstić information content (AvgIpc) is 2.55. The highest BCUT2D eigenvalue weighted by molar-refractivity contribution is 5.92. The number of pyridine rings is 1. The predicted molar refractivity (Wildman–Crippen MR) is 92.1 cm³/mol. The predicted octanol–water partition coefficient (Wildman–Crippen LogP) is 2.25. The first-order chi connectivity index (χ1) is 11.5. The van der Waals surface area contributed by atoms with Crippen molar-refractivity contribution in [3.05, 3.63) is 23.9 Å². The van der Waals surface area contributed by atoms with Gasteiger partial charge in [-0.2, -0.15) is 0 Å². The molecule has 132 valence electrons. The third-order valence-corrected chi connectivity index (χ3v) is 3.77. The Morgan fingerprint density at radius 3 is 2.67 bits per heavy atom. The average molecular weight is 334 g/mol. The van der Waals surface area contributed by atoms with Crippen LogP contribution in [-0.4, -0.2) is 53.7 Å². The van der Waals surface area contributed by atoms with Crippen molar-refractivity contribution < 1.29 is 14.3 Å². The Labute approximate surface area is 142 Å². The number of anilines is 1. The number of aromatic nitrogens is 1. The standard InChI is InChI=1S/C17H26N4O3/c1-4-24-17(23)21-10-8-13(9-11-21)19-16(22)14-6-5-7-15(20-14)18-12(2)3/h5-7,12-13H,4,8-11H2,1-3H3,(H,18,20)(H,19,22). The number of rotatable bonds is 5. The Kier molecular flexibility index (Phi) is 6.40. The normalized spacial score (nSPS) is 15.2. The molecule has 2 amide bonds. The van der Waals surface area contributed by atoms with Gasteiger partial charge in [0.25, 0.3) is 5.91 Å². The van der Waals surface area contributed by atoms with Crippen LogP contribution in [0, 0.1) is 0 Å². The van der Waals surface area contributed by atoms with Crippen molar-refractivity contribution in [3.8, 4) is 0 Å². The van der Waals surface area contributed by atoms with Gasteiger partial charge in [-0.15, -0.1) is 0 Å². The molecule has 1 aliphatic rings. The van der Waals surface area contributed by atoms with Gasteiger partial charge < -0.3 is 20.3 Å². The molecule has 1 aromatic rings. The summed E-state index contributed by atoms with van der Waals surface area (Å²) in [5.74, 6) is 0.506. The van der Waals surface area contributed by atoms with Crippen molar-refractivity contribution >= 4 is 17.8 Å². The molecule has 0 unspecified atom stereocenters. The molecule has 7 nitrogen and oxygen atoms in total. The molecule has 0 saturated carbocycles. The van der Waals surface area contributed by atoms with E-state index >= 15 is 0 Å². The van der Waals surface area contributed by atoms with Crippen LogP contribution in [0.5, 0.6) is 0 Å². The zero-order valence-electron chi connectivity index (χ0n) is 14.5. The van der Waals surface area contributed by atoms with E-state index in [1.807, 2.05) is 26.0 Å². The quantitative estimate of drug-likeness (QED) is 0.863. The number of nitrogens with zero attached hydrogens (tertiary/aromatic N) is 2. The fourth-order valence-electron chi connectivity index (χ4n) is 2.62. The number of likely N-dealkylation sites (tertiary alicyclic amines) is 1. The summed E-state index contributed by atoms with van der Waals surface area (Å²) in [7, 11) is 0. The van der Waals surface area contributed by atoms with Crippen molar-refractivity contribution in [2.45, 2.75) is 45.7 Å². The van der Waals surface area contributed by atoms with Gasteiger partial charge in [0.1, 0.15) is 11.5 Å². The monoisotopic (exact) mass is 334 g/mol. The third kappa shape index (κ3) is 5.11. The fourth-order valence-corrected chi connectivity index (χ4v) is 2.62. The highest BCUT2D eigenvalue weighted by Crippen LogP contribution is 2.13. The zero-order chi connectivity index (χ0) is 17.5. The van der Waals surface area contributed by atoms with Crippen molar-refractivity contribution in [1.29, 1.82) is 0 Å². The summed E-state index contributed by atoms with van der Waals surface area (Å²) in [5, 5.41) is 6.18. The van der Waals surface area contributed by atoms with Crippen LogP contribution in [0.4, 0.5) is 10.6 Å². The number of hydrogen-bond acceptors (Lipinski definition) is 5. The lowest BCUT2D eigenvalue weighted by Crippen LogP contribution is -2.46. The van der Waals surface area contributed by atoms with Gasteiger partial charge in [-0.25, -0.2) is 9.78 Å². The molecular weight excluding hydrogens is 308 g/mol. The van der Waals surface area contributed by atoms with Crippen molar-refractivity contribution in [1.82, 2.24) is 15.2 Å². The number of piperidine rings is 1. The summed E-state index contributed by atoms with van der Waals surface area (Å²) in [6.45, 7) is 7.39. The zero-order valence-corrected chi connectivity index (χ0v) is 14.5. The van der Waals surface area contributed by atoms with Crippen LogP contribution in [0.15, 0.2) is 18.2 Å². The number of amides is 2. The van der Waals surface area contributed by atoms with E-state index in [1.165, 1.54) is 0 Å². The third-order valence-electron chi connectivity index (χ3n) is 3.77. The highest BCUT2D eigenvalue weighted by atomic mass is 16.6. The molecule has 7 heteroatoms. The molecule has 2 rings (SSSR count). The van der Waals surface area contributed by atoms with Crippen LogP contribution < -0.4 is 10.6 Å². The molecule has 1 aromatic heterocycles. The topological polar surface area (TPSA) is 83.6 Å². The second-order valence-electron chi connectivity index (χ2n) is 6.14. The van der Waals surface area contributed by atoms with Gasteiger partial charge in [-0.3, -0.25) is 4.79 Å². The Morgan fingerprint density at radius 2 is 2.04 bits per heavy atom. The molecule has 0 atom stereocenters. The Morgan fingerprint density at radius 1 is 1.33 bits per heavy atom. The number of nitrogens with one attached hydrogen (secondary N) is 2.